The first kappa shape index (κ1) is 15.2. The SMILES string of the molecule is Cc1cc([C@H](N)CCCO)cc(C)c1O.Cl. The molecule has 92 valence electrons. The van der Waals surface area contributed by atoms with Crippen LogP contribution in [0.3, 0.4) is 0 Å². The lowest BCUT2D eigenvalue weighted by molar-refractivity contribution is 0.280. The molecule has 1 aromatic rings. The van der Waals surface area contributed by atoms with Gasteiger partial charge in [0.25, 0.3) is 0 Å². The maximum atomic E-state index is 9.61. The molecule has 0 aliphatic rings. The fraction of sp³-hybridized carbons (Fsp3) is 0.500. The van der Waals surface area contributed by atoms with E-state index in [4.69, 9.17) is 10.8 Å². The topological polar surface area (TPSA) is 66.5 Å². The predicted octanol–water partition coefficient (Wildman–Crippen LogP) is 2.20. The summed E-state index contributed by atoms with van der Waals surface area (Å²) in [6.07, 6.45) is 1.47. The Morgan fingerprint density at radius 1 is 1.25 bits per heavy atom. The number of phenolic OH excluding ortho intramolecular Hbond substituents is 1. The van der Waals surface area contributed by atoms with Gasteiger partial charge in [0.15, 0.2) is 0 Å². The van der Waals surface area contributed by atoms with Crippen LogP contribution < -0.4 is 5.73 Å². The van der Waals surface area contributed by atoms with E-state index in [9.17, 15) is 5.11 Å². The second kappa shape index (κ2) is 6.74. The molecule has 0 bridgehead atoms. The van der Waals surface area contributed by atoms with Gasteiger partial charge in [-0.15, -0.1) is 12.4 Å². The Hall–Kier alpha value is -0.770. The van der Waals surface area contributed by atoms with Gasteiger partial charge in [-0.2, -0.15) is 0 Å². The molecular weight excluding hydrogens is 226 g/mol. The largest absolute Gasteiger partial charge is 0.507 e. The molecule has 3 nitrogen and oxygen atoms in total. The summed E-state index contributed by atoms with van der Waals surface area (Å²) in [7, 11) is 0. The number of aromatic hydroxyl groups is 1. The van der Waals surface area contributed by atoms with Crippen molar-refractivity contribution in [2.24, 2.45) is 5.73 Å². The average Bonchev–Trinajstić information content (AvgIpc) is 2.21. The van der Waals surface area contributed by atoms with Crippen LogP contribution >= 0.6 is 12.4 Å². The summed E-state index contributed by atoms with van der Waals surface area (Å²) in [4.78, 5) is 0. The van der Waals surface area contributed by atoms with Crippen LogP contribution in [0, 0.1) is 13.8 Å². The summed E-state index contributed by atoms with van der Waals surface area (Å²) in [6.45, 7) is 3.90. The van der Waals surface area contributed by atoms with Gasteiger partial charge in [-0.1, -0.05) is 12.1 Å². The number of phenols is 1. The van der Waals surface area contributed by atoms with Crippen LogP contribution in [0.15, 0.2) is 12.1 Å². The van der Waals surface area contributed by atoms with Crippen LogP contribution in [-0.4, -0.2) is 16.8 Å². The molecule has 0 amide bonds. The predicted molar refractivity (Wildman–Crippen MR) is 68.1 cm³/mol. The first-order valence-corrected chi connectivity index (χ1v) is 5.22. The van der Waals surface area contributed by atoms with Gasteiger partial charge >= 0.3 is 0 Å². The lowest BCUT2D eigenvalue weighted by Crippen LogP contribution is -2.11. The Bertz CT molecular complexity index is 319. The Labute approximate surface area is 103 Å². The molecule has 0 spiro atoms. The van der Waals surface area contributed by atoms with E-state index in [1.807, 2.05) is 26.0 Å². The van der Waals surface area contributed by atoms with Crippen molar-refractivity contribution < 1.29 is 10.2 Å². The number of aryl methyl sites for hydroxylation is 2. The summed E-state index contributed by atoms with van der Waals surface area (Å²) in [5, 5.41) is 18.3. The summed E-state index contributed by atoms with van der Waals surface area (Å²) < 4.78 is 0. The van der Waals surface area contributed by atoms with Crippen molar-refractivity contribution in [3.05, 3.63) is 28.8 Å². The zero-order valence-electron chi connectivity index (χ0n) is 9.73. The average molecular weight is 246 g/mol. The minimum atomic E-state index is -0.0600. The molecule has 4 N–H and O–H groups in total. The van der Waals surface area contributed by atoms with Crippen LogP contribution in [0.25, 0.3) is 0 Å². The number of nitrogens with two attached hydrogens (primary N) is 1. The fourth-order valence-corrected chi connectivity index (χ4v) is 1.68. The Morgan fingerprint density at radius 3 is 2.19 bits per heavy atom. The van der Waals surface area contributed by atoms with E-state index in [-0.39, 0.29) is 25.1 Å². The number of hydrogen-bond acceptors (Lipinski definition) is 3. The summed E-state index contributed by atoms with van der Waals surface area (Å²) in [6, 6.07) is 3.75. The highest BCUT2D eigenvalue weighted by Crippen LogP contribution is 2.26. The first-order valence-electron chi connectivity index (χ1n) is 5.22. The first-order chi connectivity index (χ1) is 7.06. The fourth-order valence-electron chi connectivity index (χ4n) is 1.68. The number of hydrogen-bond donors (Lipinski definition) is 3. The highest BCUT2D eigenvalue weighted by Gasteiger charge is 2.09. The van der Waals surface area contributed by atoms with Gasteiger partial charge in [-0.25, -0.2) is 0 Å². The van der Waals surface area contributed by atoms with Gasteiger partial charge in [0.1, 0.15) is 5.75 Å². The van der Waals surface area contributed by atoms with E-state index in [2.05, 4.69) is 0 Å². The monoisotopic (exact) mass is 245 g/mol. The van der Waals surface area contributed by atoms with Crippen molar-refractivity contribution in [3.8, 4) is 5.75 Å². The van der Waals surface area contributed by atoms with Crippen LogP contribution in [0.2, 0.25) is 0 Å². The maximum Gasteiger partial charge on any atom is 0.121 e. The molecule has 0 unspecified atom stereocenters. The van der Waals surface area contributed by atoms with E-state index in [0.29, 0.717) is 12.2 Å². The van der Waals surface area contributed by atoms with Crippen molar-refractivity contribution in [1.82, 2.24) is 0 Å². The normalized spacial score (nSPS) is 12.0. The van der Waals surface area contributed by atoms with Gasteiger partial charge in [0, 0.05) is 12.6 Å². The Kier molecular flexibility index (Phi) is 6.41. The van der Waals surface area contributed by atoms with Crippen molar-refractivity contribution in [2.45, 2.75) is 32.7 Å². The highest BCUT2D eigenvalue weighted by molar-refractivity contribution is 5.85. The van der Waals surface area contributed by atoms with Gasteiger partial charge in [-0.3, -0.25) is 0 Å². The van der Waals surface area contributed by atoms with E-state index in [1.54, 1.807) is 0 Å². The van der Waals surface area contributed by atoms with Crippen LogP contribution in [0.5, 0.6) is 5.75 Å². The quantitative estimate of drug-likeness (QED) is 0.762. The maximum absolute atomic E-state index is 9.61. The van der Waals surface area contributed by atoms with Crippen molar-refractivity contribution in [3.63, 3.8) is 0 Å². The van der Waals surface area contributed by atoms with E-state index < -0.39 is 0 Å². The number of halogens is 1. The molecule has 4 heteroatoms. The van der Waals surface area contributed by atoms with Gasteiger partial charge in [0.05, 0.1) is 0 Å². The number of aliphatic hydroxyl groups is 1. The molecule has 0 radical (unpaired) electrons. The number of aliphatic hydroxyl groups excluding tert-OH is 1. The minimum absolute atomic E-state index is 0. The molecule has 0 saturated carbocycles. The molecule has 1 atom stereocenters. The van der Waals surface area contributed by atoms with Gasteiger partial charge in [-0.05, 0) is 43.4 Å². The molecule has 1 aromatic carbocycles. The molecule has 0 fully saturated rings. The van der Waals surface area contributed by atoms with E-state index in [0.717, 1.165) is 23.1 Å². The molecular formula is C12H20ClNO2. The lowest BCUT2D eigenvalue weighted by atomic mass is 9.98. The molecule has 0 aliphatic carbocycles. The highest BCUT2D eigenvalue weighted by atomic mass is 35.5. The van der Waals surface area contributed by atoms with E-state index >= 15 is 0 Å². The number of rotatable bonds is 4. The summed E-state index contributed by atoms with van der Waals surface area (Å²) >= 11 is 0. The zero-order valence-corrected chi connectivity index (χ0v) is 10.5. The second-order valence-electron chi connectivity index (χ2n) is 3.98. The van der Waals surface area contributed by atoms with Crippen molar-refractivity contribution in [1.29, 1.82) is 0 Å². The standard InChI is InChI=1S/C12H19NO2.ClH/c1-8-6-10(7-9(2)12(8)15)11(13)4-3-5-14;/h6-7,11,14-15H,3-5,13H2,1-2H3;1H/t11-;/m1./s1. The molecule has 0 aliphatic heterocycles. The van der Waals surface area contributed by atoms with Gasteiger partial charge in [0.2, 0.25) is 0 Å². The third-order valence-corrected chi connectivity index (χ3v) is 2.61. The summed E-state index contributed by atoms with van der Waals surface area (Å²) in [5.74, 6) is 0.341. The number of benzene rings is 1. The third kappa shape index (κ3) is 3.67. The van der Waals surface area contributed by atoms with Crippen molar-refractivity contribution in [2.75, 3.05) is 6.61 Å². The van der Waals surface area contributed by atoms with Crippen LogP contribution in [0.1, 0.15) is 35.6 Å². The van der Waals surface area contributed by atoms with Crippen LogP contribution in [0.4, 0.5) is 0 Å². The van der Waals surface area contributed by atoms with Crippen LogP contribution in [-0.2, 0) is 0 Å². The van der Waals surface area contributed by atoms with Gasteiger partial charge < -0.3 is 15.9 Å². The Morgan fingerprint density at radius 2 is 1.75 bits per heavy atom. The van der Waals surface area contributed by atoms with Crippen molar-refractivity contribution >= 4 is 12.4 Å². The molecule has 16 heavy (non-hydrogen) atoms. The molecule has 1 rings (SSSR count). The van der Waals surface area contributed by atoms with E-state index in [1.165, 1.54) is 0 Å². The molecule has 0 heterocycles. The smallest absolute Gasteiger partial charge is 0.121 e. The molecule has 0 aromatic heterocycles. The Balaban J connectivity index is 0.00000225. The lowest BCUT2D eigenvalue weighted by Gasteiger charge is -2.14. The summed E-state index contributed by atoms with van der Waals surface area (Å²) in [5.41, 5.74) is 8.70. The third-order valence-electron chi connectivity index (χ3n) is 2.61. The zero-order chi connectivity index (χ0) is 11.4. The molecule has 0 saturated heterocycles. The second-order valence-corrected chi connectivity index (χ2v) is 3.98. The minimum Gasteiger partial charge on any atom is -0.507 e.